The van der Waals surface area contributed by atoms with Crippen molar-refractivity contribution in [1.82, 2.24) is 15.5 Å². The Morgan fingerprint density at radius 1 is 1.47 bits per heavy atom. The molecule has 5 heteroatoms. The Morgan fingerprint density at radius 2 is 2.06 bits per heavy atom. The zero-order chi connectivity index (χ0) is 12.9. The molecular weight excluding hydrogens is 218 g/mol. The second-order valence-corrected chi connectivity index (χ2v) is 5.05. The van der Waals surface area contributed by atoms with Crippen LogP contribution in [-0.4, -0.2) is 62.3 Å². The van der Waals surface area contributed by atoms with Crippen molar-refractivity contribution in [3.05, 3.63) is 0 Å². The van der Waals surface area contributed by atoms with Crippen LogP contribution in [0.1, 0.15) is 20.8 Å². The van der Waals surface area contributed by atoms with Crippen LogP contribution in [-0.2, 0) is 9.53 Å². The fourth-order valence-corrected chi connectivity index (χ4v) is 1.90. The Morgan fingerprint density at radius 3 is 2.59 bits per heavy atom. The fraction of sp³-hybridized carbons (Fsp3) is 0.917. The van der Waals surface area contributed by atoms with Crippen molar-refractivity contribution < 1.29 is 9.53 Å². The van der Waals surface area contributed by atoms with Gasteiger partial charge in [-0.15, -0.1) is 0 Å². The highest BCUT2D eigenvalue weighted by Crippen LogP contribution is 2.15. The summed E-state index contributed by atoms with van der Waals surface area (Å²) < 4.78 is 5.12. The quantitative estimate of drug-likeness (QED) is 0.703. The topological polar surface area (TPSA) is 53.6 Å². The Labute approximate surface area is 104 Å². The Balaban J connectivity index is 2.47. The van der Waals surface area contributed by atoms with Crippen molar-refractivity contribution in [1.29, 1.82) is 0 Å². The third kappa shape index (κ3) is 3.94. The van der Waals surface area contributed by atoms with Crippen LogP contribution < -0.4 is 10.6 Å². The van der Waals surface area contributed by atoms with Gasteiger partial charge in [-0.1, -0.05) is 0 Å². The minimum atomic E-state index is -0.449. The van der Waals surface area contributed by atoms with Gasteiger partial charge < -0.3 is 15.4 Å². The molecule has 0 aromatic carbocycles. The summed E-state index contributed by atoms with van der Waals surface area (Å²) in [5.41, 5.74) is -0.449. The number of hydrogen-bond donors (Lipinski definition) is 2. The van der Waals surface area contributed by atoms with E-state index < -0.39 is 5.54 Å². The molecule has 0 spiro atoms. The predicted molar refractivity (Wildman–Crippen MR) is 68.0 cm³/mol. The number of rotatable bonds is 5. The first-order chi connectivity index (χ1) is 7.98. The first-order valence-electron chi connectivity index (χ1n) is 6.25. The second-order valence-electron chi connectivity index (χ2n) is 5.05. The van der Waals surface area contributed by atoms with Gasteiger partial charge in [0.15, 0.2) is 0 Å². The maximum atomic E-state index is 12.2. The van der Waals surface area contributed by atoms with E-state index in [1.807, 2.05) is 20.8 Å². The molecule has 1 amide bonds. The predicted octanol–water partition coefficient (Wildman–Crippen LogP) is -0.179. The van der Waals surface area contributed by atoms with Gasteiger partial charge >= 0.3 is 0 Å². The standard InChI is InChI=1S/C12H25N3O2/c1-10(17-4)9-14-11(16)12(2,3)15-7-5-13-6-8-15/h10,13H,5-9H2,1-4H3,(H,14,16). The summed E-state index contributed by atoms with van der Waals surface area (Å²) >= 11 is 0. The van der Waals surface area contributed by atoms with E-state index in [-0.39, 0.29) is 12.0 Å². The van der Waals surface area contributed by atoms with E-state index in [0.29, 0.717) is 6.54 Å². The highest BCUT2D eigenvalue weighted by Gasteiger charge is 2.34. The summed E-state index contributed by atoms with van der Waals surface area (Å²) in [5, 5.41) is 6.24. The Bertz CT molecular complexity index is 250. The Kier molecular flexibility index (Phi) is 5.36. The van der Waals surface area contributed by atoms with Crippen LogP contribution in [0.25, 0.3) is 0 Å². The van der Waals surface area contributed by atoms with Gasteiger partial charge in [-0.2, -0.15) is 0 Å². The van der Waals surface area contributed by atoms with Crippen molar-refractivity contribution in [3.8, 4) is 0 Å². The molecule has 1 atom stereocenters. The number of piperazine rings is 1. The summed E-state index contributed by atoms with van der Waals surface area (Å²) in [5.74, 6) is 0.0725. The van der Waals surface area contributed by atoms with Gasteiger partial charge in [-0.3, -0.25) is 9.69 Å². The van der Waals surface area contributed by atoms with E-state index in [4.69, 9.17) is 4.74 Å². The summed E-state index contributed by atoms with van der Waals surface area (Å²) in [6, 6.07) is 0. The van der Waals surface area contributed by atoms with E-state index in [0.717, 1.165) is 26.2 Å². The molecule has 5 nitrogen and oxygen atoms in total. The van der Waals surface area contributed by atoms with Gasteiger partial charge in [-0.25, -0.2) is 0 Å². The van der Waals surface area contributed by atoms with Crippen LogP contribution in [0.2, 0.25) is 0 Å². The zero-order valence-corrected chi connectivity index (χ0v) is 11.4. The highest BCUT2D eigenvalue weighted by molar-refractivity contribution is 5.85. The minimum Gasteiger partial charge on any atom is -0.380 e. The molecule has 1 heterocycles. The molecule has 0 aliphatic carbocycles. The maximum absolute atomic E-state index is 12.2. The molecule has 100 valence electrons. The van der Waals surface area contributed by atoms with Crippen molar-refractivity contribution in [2.45, 2.75) is 32.4 Å². The van der Waals surface area contributed by atoms with E-state index >= 15 is 0 Å². The number of nitrogens with one attached hydrogen (secondary N) is 2. The van der Waals surface area contributed by atoms with E-state index in [1.165, 1.54) is 0 Å². The number of methoxy groups -OCH3 is 1. The van der Waals surface area contributed by atoms with Crippen molar-refractivity contribution >= 4 is 5.91 Å². The molecule has 0 bridgehead atoms. The second kappa shape index (κ2) is 6.33. The summed E-state index contributed by atoms with van der Waals surface area (Å²) in [7, 11) is 1.65. The zero-order valence-electron chi connectivity index (χ0n) is 11.4. The molecule has 1 fully saturated rings. The lowest BCUT2D eigenvalue weighted by atomic mass is 10.0. The molecule has 1 aliphatic heterocycles. The van der Waals surface area contributed by atoms with Crippen molar-refractivity contribution in [3.63, 3.8) is 0 Å². The number of hydrogen-bond acceptors (Lipinski definition) is 4. The summed E-state index contributed by atoms with van der Waals surface area (Å²) in [6.45, 7) is 10.2. The van der Waals surface area contributed by atoms with Gasteiger partial charge in [-0.05, 0) is 20.8 Å². The van der Waals surface area contributed by atoms with Gasteiger partial charge in [0, 0.05) is 39.8 Å². The van der Waals surface area contributed by atoms with Crippen molar-refractivity contribution in [2.75, 3.05) is 39.8 Å². The summed E-state index contributed by atoms with van der Waals surface area (Å²) in [6.07, 6.45) is 0.0535. The number of ether oxygens (including phenoxy) is 1. The fourth-order valence-electron chi connectivity index (χ4n) is 1.90. The molecule has 1 unspecified atom stereocenters. The van der Waals surface area contributed by atoms with Crippen LogP contribution in [0.5, 0.6) is 0 Å². The molecule has 0 radical (unpaired) electrons. The average molecular weight is 243 g/mol. The molecule has 1 rings (SSSR count). The van der Waals surface area contributed by atoms with Gasteiger partial charge in [0.25, 0.3) is 0 Å². The van der Waals surface area contributed by atoms with Gasteiger partial charge in [0.2, 0.25) is 5.91 Å². The number of carbonyl (C=O) groups excluding carboxylic acids is 1. The number of carbonyl (C=O) groups is 1. The highest BCUT2D eigenvalue weighted by atomic mass is 16.5. The van der Waals surface area contributed by atoms with E-state index in [9.17, 15) is 4.79 Å². The molecule has 0 aromatic heterocycles. The van der Waals surface area contributed by atoms with Crippen LogP contribution in [0.3, 0.4) is 0 Å². The molecule has 17 heavy (non-hydrogen) atoms. The van der Waals surface area contributed by atoms with Crippen LogP contribution in [0.15, 0.2) is 0 Å². The lowest BCUT2D eigenvalue weighted by Crippen LogP contribution is -2.60. The lowest BCUT2D eigenvalue weighted by Gasteiger charge is -2.39. The smallest absolute Gasteiger partial charge is 0.240 e. The molecule has 0 saturated carbocycles. The normalized spacial score (nSPS) is 20.0. The third-order valence-corrected chi connectivity index (χ3v) is 3.42. The lowest BCUT2D eigenvalue weighted by molar-refractivity contribution is -0.132. The van der Waals surface area contributed by atoms with Crippen LogP contribution >= 0.6 is 0 Å². The molecule has 2 N–H and O–H groups in total. The molecule has 1 aliphatic rings. The maximum Gasteiger partial charge on any atom is 0.240 e. The third-order valence-electron chi connectivity index (χ3n) is 3.42. The van der Waals surface area contributed by atoms with Gasteiger partial charge in [0.05, 0.1) is 11.6 Å². The first kappa shape index (κ1) is 14.4. The van der Waals surface area contributed by atoms with E-state index in [2.05, 4.69) is 15.5 Å². The van der Waals surface area contributed by atoms with Gasteiger partial charge in [0.1, 0.15) is 0 Å². The Hall–Kier alpha value is -0.650. The van der Waals surface area contributed by atoms with Crippen molar-refractivity contribution in [2.24, 2.45) is 0 Å². The minimum absolute atomic E-state index is 0.0535. The van der Waals surface area contributed by atoms with Crippen LogP contribution in [0.4, 0.5) is 0 Å². The largest absolute Gasteiger partial charge is 0.380 e. The SMILES string of the molecule is COC(C)CNC(=O)C(C)(C)N1CCNCC1. The first-order valence-corrected chi connectivity index (χ1v) is 6.25. The van der Waals surface area contributed by atoms with E-state index in [1.54, 1.807) is 7.11 Å². The summed E-state index contributed by atoms with van der Waals surface area (Å²) in [4.78, 5) is 14.4. The molecule has 1 saturated heterocycles. The average Bonchev–Trinajstić information content (AvgIpc) is 2.36. The monoisotopic (exact) mass is 243 g/mol. The van der Waals surface area contributed by atoms with Crippen LogP contribution in [0, 0.1) is 0 Å². The number of nitrogens with zero attached hydrogens (tertiary/aromatic N) is 1. The number of amides is 1. The molecular formula is C12H25N3O2. The molecule has 0 aromatic rings.